The van der Waals surface area contributed by atoms with Gasteiger partial charge in [0.2, 0.25) is 5.75 Å². The predicted molar refractivity (Wildman–Crippen MR) is 50.3 cm³/mol. The first-order valence-electron chi connectivity index (χ1n) is 3.43. The molecule has 2 N–H and O–H groups in total. The zero-order chi connectivity index (χ0) is 11.7. The maximum atomic E-state index is 10.4. The standard InChI is InChI=1S/C6H4N2O6S/c9-5-2(7(11)12)1-3(15)6(10)4(5)8(13)14/h1,9-10,15H. The van der Waals surface area contributed by atoms with Crippen molar-refractivity contribution in [2.45, 2.75) is 4.90 Å². The van der Waals surface area contributed by atoms with Crippen molar-refractivity contribution in [1.82, 2.24) is 0 Å². The van der Waals surface area contributed by atoms with E-state index in [4.69, 9.17) is 10.2 Å². The van der Waals surface area contributed by atoms with Crippen LogP contribution >= 0.6 is 12.6 Å². The van der Waals surface area contributed by atoms with E-state index in [2.05, 4.69) is 12.6 Å². The number of nitrogens with zero attached hydrogens (tertiary/aromatic N) is 2. The van der Waals surface area contributed by atoms with E-state index in [0.717, 1.165) is 6.07 Å². The molecule has 1 aromatic rings. The highest BCUT2D eigenvalue weighted by Gasteiger charge is 2.31. The van der Waals surface area contributed by atoms with E-state index in [1.54, 1.807) is 0 Å². The van der Waals surface area contributed by atoms with Crippen LogP contribution in [-0.4, -0.2) is 20.1 Å². The fourth-order valence-corrected chi connectivity index (χ4v) is 1.16. The minimum absolute atomic E-state index is 0.355. The second-order valence-corrected chi connectivity index (χ2v) is 2.96. The summed E-state index contributed by atoms with van der Waals surface area (Å²) in [7, 11) is 0. The van der Waals surface area contributed by atoms with E-state index < -0.39 is 32.7 Å². The molecule has 0 aromatic heterocycles. The summed E-state index contributed by atoms with van der Waals surface area (Å²) < 4.78 is 0. The van der Waals surface area contributed by atoms with Crippen LogP contribution in [0.3, 0.4) is 0 Å². The van der Waals surface area contributed by atoms with Crippen molar-refractivity contribution in [2.24, 2.45) is 0 Å². The van der Waals surface area contributed by atoms with Crippen molar-refractivity contribution in [3.63, 3.8) is 0 Å². The molecule has 0 amide bonds. The summed E-state index contributed by atoms with van der Waals surface area (Å²) >= 11 is 3.60. The van der Waals surface area contributed by atoms with Gasteiger partial charge < -0.3 is 10.2 Å². The minimum Gasteiger partial charge on any atom is -0.501 e. The zero-order valence-electron chi connectivity index (χ0n) is 6.95. The first kappa shape index (κ1) is 11.0. The highest BCUT2D eigenvalue weighted by Crippen LogP contribution is 2.45. The third kappa shape index (κ3) is 1.76. The second kappa shape index (κ2) is 3.61. The molecule has 1 rings (SSSR count). The Labute approximate surface area is 87.5 Å². The molecule has 15 heavy (non-hydrogen) atoms. The smallest absolute Gasteiger partial charge is 0.360 e. The number of nitro benzene ring substituents is 2. The third-order valence-corrected chi connectivity index (χ3v) is 1.93. The fourth-order valence-electron chi connectivity index (χ4n) is 0.933. The molecule has 0 radical (unpaired) electrons. The average Bonchev–Trinajstić information content (AvgIpc) is 2.10. The Hall–Kier alpha value is -2.03. The molecule has 1 aromatic carbocycles. The number of phenols is 2. The summed E-state index contributed by atoms with van der Waals surface area (Å²) in [5.74, 6) is -2.10. The summed E-state index contributed by atoms with van der Waals surface area (Å²) in [6, 6.07) is 0.723. The van der Waals surface area contributed by atoms with E-state index in [9.17, 15) is 20.2 Å². The van der Waals surface area contributed by atoms with Crippen LogP contribution in [0.15, 0.2) is 11.0 Å². The molecule has 0 saturated carbocycles. The van der Waals surface area contributed by atoms with Crippen molar-refractivity contribution < 1.29 is 20.1 Å². The summed E-state index contributed by atoms with van der Waals surface area (Å²) in [4.78, 5) is 18.3. The zero-order valence-corrected chi connectivity index (χ0v) is 7.84. The predicted octanol–water partition coefficient (Wildman–Crippen LogP) is 1.20. The summed E-state index contributed by atoms with van der Waals surface area (Å²) in [6.45, 7) is 0. The Morgan fingerprint density at radius 1 is 1.13 bits per heavy atom. The molecule has 0 atom stereocenters. The van der Waals surface area contributed by atoms with Crippen molar-refractivity contribution in [1.29, 1.82) is 0 Å². The lowest BCUT2D eigenvalue weighted by Gasteiger charge is -2.02. The molecule has 0 bridgehead atoms. The second-order valence-electron chi connectivity index (χ2n) is 2.47. The molecule has 0 saturated heterocycles. The number of hydrogen-bond acceptors (Lipinski definition) is 7. The Balaban J connectivity index is 3.63. The van der Waals surface area contributed by atoms with E-state index >= 15 is 0 Å². The largest absolute Gasteiger partial charge is 0.501 e. The molecule has 9 heteroatoms. The molecule has 0 fully saturated rings. The average molecular weight is 232 g/mol. The van der Waals surface area contributed by atoms with Crippen LogP contribution in [0.5, 0.6) is 11.5 Å². The molecule has 0 aliphatic carbocycles. The van der Waals surface area contributed by atoms with Crippen LogP contribution in [-0.2, 0) is 0 Å². The molecular weight excluding hydrogens is 228 g/mol. The summed E-state index contributed by atoms with van der Waals surface area (Å²) in [5.41, 5.74) is -2.02. The van der Waals surface area contributed by atoms with Crippen molar-refractivity contribution in [3.05, 3.63) is 26.3 Å². The lowest BCUT2D eigenvalue weighted by atomic mass is 10.2. The number of benzene rings is 1. The minimum atomic E-state index is -1.19. The van der Waals surface area contributed by atoms with Crippen LogP contribution < -0.4 is 0 Å². The van der Waals surface area contributed by atoms with Gasteiger partial charge >= 0.3 is 11.4 Å². The number of aromatic hydroxyl groups is 2. The monoisotopic (exact) mass is 232 g/mol. The van der Waals surface area contributed by atoms with Crippen LogP contribution in [0.1, 0.15) is 0 Å². The van der Waals surface area contributed by atoms with Crippen LogP contribution in [0.4, 0.5) is 11.4 Å². The Morgan fingerprint density at radius 2 is 1.67 bits per heavy atom. The van der Waals surface area contributed by atoms with Crippen LogP contribution in [0.2, 0.25) is 0 Å². The van der Waals surface area contributed by atoms with Gasteiger partial charge in [0.15, 0.2) is 0 Å². The highest BCUT2D eigenvalue weighted by molar-refractivity contribution is 7.80. The van der Waals surface area contributed by atoms with Gasteiger partial charge in [-0.15, -0.1) is 12.6 Å². The fraction of sp³-hybridized carbons (Fsp3) is 0. The number of hydrogen-bond donors (Lipinski definition) is 3. The van der Waals surface area contributed by atoms with Gasteiger partial charge in [0.05, 0.1) is 14.7 Å². The molecule has 0 spiro atoms. The van der Waals surface area contributed by atoms with Gasteiger partial charge in [-0.25, -0.2) is 0 Å². The van der Waals surface area contributed by atoms with Gasteiger partial charge in [-0.05, 0) is 0 Å². The van der Waals surface area contributed by atoms with Gasteiger partial charge in [-0.3, -0.25) is 20.2 Å². The summed E-state index contributed by atoms with van der Waals surface area (Å²) in [5, 5.41) is 39.1. The Kier molecular flexibility index (Phi) is 2.66. The molecule has 0 heterocycles. The summed E-state index contributed by atoms with van der Waals surface area (Å²) in [6.07, 6.45) is 0. The van der Waals surface area contributed by atoms with Gasteiger partial charge in [-0.1, -0.05) is 0 Å². The quantitative estimate of drug-likeness (QED) is 0.399. The highest BCUT2D eigenvalue weighted by atomic mass is 32.1. The van der Waals surface area contributed by atoms with Gasteiger partial charge in [-0.2, -0.15) is 0 Å². The SMILES string of the molecule is O=[N+]([O-])c1cc(S)c(O)c([N+](=O)[O-])c1O. The number of rotatable bonds is 2. The topological polar surface area (TPSA) is 127 Å². The Morgan fingerprint density at radius 3 is 2.07 bits per heavy atom. The van der Waals surface area contributed by atoms with E-state index in [1.807, 2.05) is 0 Å². The van der Waals surface area contributed by atoms with Crippen LogP contribution in [0.25, 0.3) is 0 Å². The van der Waals surface area contributed by atoms with E-state index in [-0.39, 0.29) is 4.90 Å². The number of phenolic OH excluding ortho intramolecular Hbond substituents is 2. The molecule has 0 aliphatic rings. The first-order valence-corrected chi connectivity index (χ1v) is 3.87. The lowest BCUT2D eigenvalue weighted by molar-refractivity contribution is -0.397. The maximum Gasteiger partial charge on any atom is 0.360 e. The number of nitro groups is 2. The molecule has 80 valence electrons. The molecule has 0 unspecified atom stereocenters. The van der Waals surface area contributed by atoms with E-state index in [1.165, 1.54) is 0 Å². The molecule has 0 aliphatic heterocycles. The van der Waals surface area contributed by atoms with E-state index in [0.29, 0.717) is 0 Å². The number of thiol groups is 1. The first-order chi connectivity index (χ1) is 6.86. The van der Waals surface area contributed by atoms with Gasteiger partial charge in [0.1, 0.15) is 0 Å². The van der Waals surface area contributed by atoms with Crippen molar-refractivity contribution in [3.8, 4) is 11.5 Å². The van der Waals surface area contributed by atoms with Crippen molar-refractivity contribution >= 4 is 24.0 Å². The van der Waals surface area contributed by atoms with Crippen LogP contribution in [0, 0.1) is 20.2 Å². The third-order valence-electron chi connectivity index (χ3n) is 1.59. The van der Waals surface area contributed by atoms with Crippen molar-refractivity contribution in [2.75, 3.05) is 0 Å². The Bertz CT molecular complexity index is 459. The lowest BCUT2D eigenvalue weighted by Crippen LogP contribution is -1.95. The maximum absolute atomic E-state index is 10.4. The van der Waals surface area contributed by atoms with Gasteiger partial charge in [0, 0.05) is 6.07 Å². The normalized spacial score (nSPS) is 9.93. The molecular formula is C6H4N2O6S. The van der Waals surface area contributed by atoms with Gasteiger partial charge in [0.25, 0.3) is 5.75 Å². The molecule has 8 nitrogen and oxygen atoms in total.